The van der Waals surface area contributed by atoms with Gasteiger partial charge in [-0.05, 0) is 53.2 Å². The second-order valence-corrected chi connectivity index (χ2v) is 7.01. The van der Waals surface area contributed by atoms with Crippen LogP contribution in [-0.4, -0.2) is 34.5 Å². The number of allylic oxidation sites excluding steroid dienone is 3. The van der Waals surface area contributed by atoms with Crippen LogP contribution in [0.2, 0.25) is 0 Å². The molecule has 1 aliphatic heterocycles. The highest BCUT2D eigenvalue weighted by Gasteiger charge is 2.49. The van der Waals surface area contributed by atoms with E-state index in [1.54, 1.807) is 32.1 Å². The van der Waals surface area contributed by atoms with E-state index in [4.69, 9.17) is 9.47 Å². The maximum absolute atomic E-state index is 12.1. The maximum Gasteiger partial charge on any atom is 0.333 e. The summed E-state index contributed by atoms with van der Waals surface area (Å²) in [6, 6.07) is 0. The van der Waals surface area contributed by atoms with E-state index in [0.717, 1.165) is 5.57 Å². The van der Waals surface area contributed by atoms with E-state index in [1.165, 1.54) is 6.08 Å². The minimum absolute atomic E-state index is 0.0739. The first-order chi connectivity index (χ1) is 11.0. The Bertz CT molecular complexity index is 564. The quantitative estimate of drug-likeness (QED) is 0.241. The minimum atomic E-state index is -1.06. The van der Waals surface area contributed by atoms with E-state index in [0.29, 0.717) is 12.0 Å². The smallest absolute Gasteiger partial charge is 0.333 e. The molecular weight excluding hydrogens is 304 g/mol. The molecule has 1 N–H and O–H groups in total. The molecule has 0 spiro atoms. The summed E-state index contributed by atoms with van der Waals surface area (Å²) >= 11 is 0. The number of rotatable bonds is 8. The minimum Gasteiger partial charge on any atom is -0.454 e. The first kappa shape index (κ1) is 20.4. The Hall–Kier alpha value is -1.65. The van der Waals surface area contributed by atoms with Crippen molar-refractivity contribution in [2.45, 2.75) is 71.4 Å². The summed E-state index contributed by atoms with van der Waals surface area (Å²) in [5.74, 6) is -0.323. The second-order valence-electron chi connectivity index (χ2n) is 7.01. The predicted molar refractivity (Wildman–Crippen MR) is 96.6 cm³/mol. The molecular formula is C20H30O4. The monoisotopic (exact) mass is 334 g/mol. The van der Waals surface area contributed by atoms with E-state index in [9.17, 15) is 9.90 Å². The Morgan fingerprint density at radius 1 is 1.46 bits per heavy atom. The number of hydrogen-bond acceptors (Lipinski definition) is 4. The fourth-order valence-electron chi connectivity index (χ4n) is 2.10. The van der Waals surface area contributed by atoms with Gasteiger partial charge in [0.1, 0.15) is 6.10 Å². The van der Waals surface area contributed by atoms with Gasteiger partial charge in [-0.15, -0.1) is 0 Å². The molecule has 0 unspecified atom stereocenters. The van der Waals surface area contributed by atoms with Crippen molar-refractivity contribution in [3.05, 3.63) is 48.1 Å². The zero-order chi connectivity index (χ0) is 18.5. The molecule has 1 rings (SSSR count). The summed E-state index contributed by atoms with van der Waals surface area (Å²) in [7, 11) is 0. The van der Waals surface area contributed by atoms with Crippen LogP contribution < -0.4 is 0 Å². The lowest BCUT2D eigenvalue weighted by molar-refractivity contribution is -0.143. The van der Waals surface area contributed by atoms with E-state index in [1.807, 2.05) is 33.8 Å². The zero-order valence-corrected chi connectivity index (χ0v) is 15.6. The van der Waals surface area contributed by atoms with Crippen molar-refractivity contribution in [2.24, 2.45) is 0 Å². The third kappa shape index (κ3) is 6.10. The largest absolute Gasteiger partial charge is 0.454 e. The van der Waals surface area contributed by atoms with Crippen molar-refractivity contribution in [1.82, 2.24) is 0 Å². The Balaban J connectivity index is 2.86. The Morgan fingerprint density at radius 3 is 2.50 bits per heavy atom. The van der Waals surface area contributed by atoms with Gasteiger partial charge in [0.2, 0.25) is 0 Å². The standard InChI is InChI=1S/C20H30O4/c1-8-14(3)18(21)23-16(13-17-19(5,6)24-17)15(4)11-10-12-20(7,22)9-2/h8-12,16-17,22H,2,13H2,1,3-7H3/b12-10-,14-8-,15-11-/t16-,17+,20+/m0/s1. The maximum atomic E-state index is 12.1. The Kier molecular flexibility index (Phi) is 6.76. The number of epoxide rings is 1. The van der Waals surface area contributed by atoms with Crippen LogP contribution in [0.4, 0.5) is 0 Å². The average Bonchev–Trinajstić information content (AvgIpc) is 3.11. The molecule has 0 aromatic heterocycles. The van der Waals surface area contributed by atoms with Crippen molar-refractivity contribution in [3.63, 3.8) is 0 Å². The molecule has 24 heavy (non-hydrogen) atoms. The summed E-state index contributed by atoms with van der Waals surface area (Å²) in [5, 5.41) is 9.90. The molecule has 1 fully saturated rings. The molecule has 3 atom stereocenters. The third-order valence-electron chi connectivity index (χ3n) is 4.31. The molecule has 134 valence electrons. The normalized spacial score (nSPS) is 24.4. The summed E-state index contributed by atoms with van der Waals surface area (Å²) in [4.78, 5) is 12.1. The number of carbonyl (C=O) groups excluding carboxylic acids is 1. The molecule has 1 aliphatic rings. The lowest BCUT2D eigenvalue weighted by Crippen LogP contribution is -2.23. The third-order valence-corrected chi connectivity index (χ3v) is 4.31. The number of hydrogen-bond donors (Lipinski definition) is 1. The first-order valence-corrected chi connectivity index (χ1v) is 8.26. The van der Waals surface area contributed by atoms with Gasteiger partial charge in [0.25, 0.3) is 0 Å². The van der Waals surface area contributed by atoms with Crippen LogP contribution in [0, 0.1) is 0 Å². The molecule has 1 saturated heterocycles. The summed E-state index contributed by atoms with van der Waals surface area (Å²) < 4.78 is 11.3. The molecule has 1 heterocycles. The molecule has 4 heteroatoms. The molecule has 0 radical (unpaired) electrons. The van der Waals surface area contributed by atoms with Crippen LogP contribution >= 0.6 is 0 Å². The fraction of sp³-hybridized carbons (Fsp3) is 0.550. The van der Waals surface area contributed by atoms with E-state index >= 15 is 0 Å². The van der Waals surface area contributed by atoms with Crippen LogP contribution in [0.5, 0.6) is 0 Å². The van der Waals surface area contributed by atoms with Gasteiger partial charge in [0.15, 0.2) is 0 Å². The summed E-state index contributed by atoms with van der Waals surface area (Å²) in [6.45, 7) is 14.7. The molecule has 0 aromatic rings. The first-order valence-electron chi connectivity index (χ1n) is 8.26. The lowest BCUT2D eigenvalue weighted by Gasteiger charge is -2.19. The number of aliphatic hydroxyl groups is 1. The van der Waals surface area contributed by atoms with E-state index < -0.39 is 5.60 Å². The van der Waals surface area contributed by atoms with Crippen molar-refractivity contribution in [1.29, 1.82) is 0 Å². The number of carbonyl (C=O) groups is 1. The van der Waals surface area contributed by atoms with Gasteiger partial charge in [0, 0.05) is 12.0 Å². The van der Waals surface area contributed by atoms with Crippen LogP contribution in [0.1, 0.15) is 48.0 Å². The van der Waals surface area contributed by atoms with Crippen molar-refractivity contribution < 1.29 is 19.4 Å². The molecule has 0 amide bonds. The van der Waals surface area contributed by atoms with Crippen LogP contribution in [-0.2, 0) is 14.3 Å². The highest BCUT2D eigenvalue weighted by molar-refractivity contribution is 5.87. The topological polar surface area (TPSA) is 59.1 Å². The van der Waals surface area contributed by atoms with Gasteiger partial charge in [-0.25, -0.2) is 4.79 Å². The van der Waals surface area contributed by atoms with Crippen LogP contribution in [0.15, 0.2) is 48.1 Å². The Labute approximate surface area is 145 Å². The SMILES string of the molecule is C=C[C@@](C)(O)/C=C\C=C(\C)[C@H](C[C@H]1OC1(C)C)OC(=O)/C(C)=C\C. The van der Waals surface area contributed by atoms with Crippen molar-refractivity contribution in [3.8, 4) is 0 Å². The van der Waals surface area contributed by atoms with Gasteiger partial charge < -0.3 is 14.6 Å². The highest BCUT2D eigenvalue weighted by Crippen LogP contribution is 2.39. The van der Waals surface area contributed by atoms with Gasteiger partial charge in [-0.2, -0.15) is 0 Å². The summed E-state index contributed by atoms with van der Waals surface area (Å²) in [5.41, 5.74) is 0.248. The highest BCUT2D eigenvalue weighted by atomic mass is 16.6. The van der Waals surface area contributed by atoms with Gasteiger partial charge in [-0.1, -0.05) is 30.9 Å². The van der Waals surface area contributed by atoms with E-state index in [2.05, 4.69) is 6.58 Å². The van der Waals surface area contributed by atoms with Gasteiger partial charge >= 0.3 is 5.97 Å². The fourth-order valence-corrected chi connectivity index (χ4v) is 2.10. The molecule has 4 nitrogen and oxygen atoms in total. The van der Waals surface area contributed by atoms with Gasteiger partial charge in [-0.3, -0.25) is 0 Å². The average molecular weight is 334 g/mol. The van der Waals surface area contributed by atoms with Crippen molar-refractivity contribution >= 4 is 5.97 Å². The molecule has 0 saturated carbocycles. The zero-order valence-electron chi connectivity index (χ0n) is 15.6. The van der Waals surface area contributed by atoms with Crippen LogP contribution in [0.3, 0.4) is 0 Å². The number of esters is 1. The van der Waals surface area contributed by atoms with Crippen LogP contribution in [0.25, 0.3) is 0 Å². The Morgan fingerprint density at radius 2 is 2.04 bits per heavy atom. The van der Waals surface area contributed by atoms with E-state index in [-0.39, 0.29) is 23.8 Å². The molecule has 0 aromatic carbocycles. The lowest BCUT2D eigenvalue weighted by atomic mass is 9.99. The van der Waals surface area contributed by atoms with Gasteiger partial charge in [0.05, 0.1) is 17.3 Å². The second kappa shape index (κ2) is 7.95. The molecule has 0 aliphatic carbocycles. The summed E-state index contributed by atoms with van der Waals surface area (Å²) in [6.07, 6.45) is 8.75. The number of ether oxygens (including phenoxy) is 2. The predicted octanol–water partition coefficient (Wildman–Crippen LogP) is 3.87. The molecule has 0 bridgehead atoms. The van der Waals surface area contributed by atoms with Crippen molar-refractivity contribution in [2.75, 3.05) is 0 Å².